The van der Waals surface area contributed by atoms with Crippen molar-refractivity contribution in [2.45, 2.75) is 23.8 Å². The molecule has 0 aliphatic heterocycles. The quantitative estimate of drug-likeness (QED) is 0.187. The van der Waals surface area contributed by atoms with Crippen LogP contribution in [0.1, 0.15) is 24.3 Å². The van der Waals surface area contributed by atoms with Gasteiger partial charge in [0.2, 0.25) is 5.88 Å². The van der Waals surface area contributed by atoms with Gasteiger partial charge in [-0.05, 0) is 52.6 Å². The molecule has 8 heteroatoms. The molecule has 1 fully saturated rings. The maximum Gasteiger partial charge on any atom is 0.357 e. The summed E-state index contributed by atoms with van der Waals surface area (Å²) >= 11 is 0. The van der Waals surface area contributed by atoms with Gasteiger partial charge in [-0.1, -0.05) is 36.4 Å². The Labute approximate surface area is 168 Å². The molecule has 6 nitrogen and oxygen atoms in total. The third-order valence-electron chi connectivity index (χ3n) is 4.93. The molecule has 0 amide bonds. The van der Waals surface area contributed by atoms with Crippen LogP contribution in [0.3, 0.4) is 0 Å². The first-order valence-corrected chi connectivity index (χ1v) is 9.70. The molecule has 146 valence electrons. The van der Waals surface area contributed by atoms with Crippen LogP contribution in [0.2, 0.25) is 0 Å². The molecule has 0 radical (unpaired) electrons. The number of rotatable bonds is 7. The fraction of sp³-hybridized carbons (Fsp3) is 0.250. The lowest BCUT2D eigenvalue weighted by Gasteiger charge is -2.43. The summed E-state index contributed by atoms with van der Waals surface area (Å²) in [6.07, 6.45) is 2.41. The third kappa shape index (κ3) is 4.67. The molecule has 0 heterocycles. The number of hydrogen-bond donors (Lipinski definition) is 4. The average Bonchev–Trinajstić information content (AvgIpc) is 2.66. The van der Waals surface area contributed by atoms with Crippen LogP contribution in [-0.2, 0) is 4.79 Å². The SMILES string of the molecule is BC1(P)CC(c2ccc(-c3ccc(O/C(NNC)=C(/N)C(=O)O)cc3)cc2)C1. The number of hydrogen-bond acceptors (Lipinski definition) is 5. The van der Waals surface area contributed by atoms with E-state index in [2.05, 4.69) is 52.2 Å². The molecular weight excluding hydrogens is 372 g/mol. The highest BCUT2D eigenvalue weighted by molar-refractivity contribution is 7.22. The van der Waals surface area contributed by atoms with Crippen molar-refractivity contribution in [3.63, 3.8) is 0 Å². The summed E-state index contributed by atoms with van der Waals surface area (Å²) in [5.74, 6) is -0.190. The molecule has 1 aliphatic rings. The molecule has 1 aliphatic carbocycles. The van der Waals surface area contributed by atoms with Crippen molar-refractivity contribution in [2.24, 2.45) is 5.73 Å². The molecule has 3 rings (SSSR count). The van der Waals surface area contributed by atoms with Gasteiger partial charge in [0, 0.05) is 7.05 Å². The van der Waals surface area contributed by atoms with Gasteiger partial charge in [0.15, 0.2) is 5.70 Å². The Morgan fingerprint density at radius 1 is 1.18 bits per heavy atom. The van der Waals surface area contributed by atoms with Crippen LogP contribution in [0.25, 0.3) is 11.1 Å². The Kier molecular flexibility index (Phi) is 5.97. The standard InChI is InChI=1S/C20H25BN3O3P/c1-23-24-18(17(22)19(25)26)27-16-8-6-13(7-9-16)12-2-4-14(5-3-12)15-10-20(21,28)11-15/h2-9,15,23-24H,10-11,21-22,28H2,1H3,(H,25,26)/b18-17+. The Bertz CT molecular complexity index is 875. The largest absolute Gasteiger partial charge is 0.476 e. The van der Waals surface area contributed by atoms with Crippen LogP contribution in [0.15, 0.2) is 60.1 Å². The van der Waals surface area contributed by atoms with Crippen LogP contribution in [0.4, 0.5) is 0 Å². The fourth-order valence-electron chi connectivity index (χ4n) is 3.44. The van der Waals surface area contributed by atoms with Gasteiger partial charge in [0.25, 0.3) is 0 Å². The second kappa shape index (κ2) is 8.25. The van der Waals surface area contributed by atoms with Gasteiger partial charge in [0.1, 0.15) is 13.6 Å². The zero-order valence-corrected chi connectivity index (χ0v) is 17.2. The van der Waals surface area contributed by atoms with E-state index >= 15 is 0 Å². The van der Waals surface area contributed by atoms with Crippen molar-refractivity contribution in [3.05, 3.63) is 65.7 Å². The van der Waals surface area contributed by atoms with E-state index in [1.54, 1.807) is 19.2 Å². The van der Waals surface area contributed by atoms with Crippen molar-refractivity contribution >= 4 is 23.1 Å². The summed E-state index contributed by atoms with van der Waals surface area (Å²) in [5.41, 5.74) is 13.9. The molecular formula is C20H25BN3O3P. The first-order valence-electron chi connectivity index (χ1n) is 9.12. The molecule has 2 aromatic carbocycles. The van der Waals surface area contributed by atoms with E-state index < -0.39 is 11.7 Å². The van der Waals surface area contributed by atoms with Crippen molar-refractivity contribution in [3.8, 4) is 16.9 Å². The van der Waals surface area contributed by atoms with Crippen molar-refractivity contribution in [1.29, 1.82) is 0 Å². The lowest BCUT2D eigenvalue weighted by molar-refractivity contribution is -0.132. The minimum Gasteiger partial charge on any atom is -0.476 e. The predicted molar refractivity (Wildman–Crippen MR) is 117 cm³/mol. The summed E-state index contributed by atoms with van der Waals surface area (Å²) in [7, 11) is 6.82. The van der Waals surface area contributed by atoms with E-state index in [1.165, 1.54) is 18.4 Å². The Balaban J connectivity index is 1.70. The molecule has 28 heavy (non-hydrogen) atoms. The number of hydrazine groups is 1. The smallest absolute Gasteiger partial charge is 0.357 e. The Morgan fingerprint density at radius 2 is 1.71 bits per heavy atom. The monoisotopic (exact) mass is 397 g/mol. The molecule has 0 bridgehead atoms. The zero-order chi connectivity index (χ0) is 20.3. The van der Waals surface area contributed by atoms with Crippen LogP contribution in [-0.4, -0.2) is 31.0 Å². The molecule has 1 saturated carbocycles. The summed E-state index contributed by atoms with van der Waals surface area (Å²) in [5, 5.41) is 9.42. The van der Waals surface area contributed by atoms with Crippen molar-refractivity contribution in [2.75, 3.05) is 7.05 Å². The van der Waals surface area contributed by atoms with Crippen LogP contribution < -0.4 is 21.3 Å². The summed E-state index contributed by atoms with van der Waals surface area (Å²) in [6, 6.07) is 16.1. The number of nitrogens with two attached hydrogens (primary N) is 1. The molecule has 0 saturated heterocycles. The van der Waals surface area contributed by atoms with Gasteiger partial charge in [-0.3, -0.25) is 5.43 Å². The number of carbonyl (C=O) groups is 1. The van der Waals surface area contributed by atoms with Crippen LogP contribution in [0, 0.1) is 0 Å². The molecule has 1 atom stereocenters. The summed E-state index contributed by atoms with van der Waals surface area (Å²) in [6.45, 7) is 0. The fourth-order valence-corrected chi connectivity index (χ4v) is 4.01. The molecule has 5 N–H and O–H groups in total. The maximum absolute atomic E-state index is 11.0. The summed E-state index contributed by atoms with van der Waals surface area (Å²) in [4.78, 5) is 11.0. The van der Waals surface area contributed by atoms with E-state index in [9.17, 15) is 4.79 Å². The highest BCUT2D eigenvalue weighted by Gasteiger charge is 2.36. The molecule has 0 aromatic heterocycles. The van der Waals surface area contributed by atoms with E-state index in [-0.39, 0.29) is 5.88 Å². The lowest BCUT2D eigenvalue weighted by atomic mass is 9.61. The van der Waals surface area contributed by atoms with Gasteiger partial charge >= 0.3 is 5.97 Å². The number of carboxylic acids is 1. The number of ether oxygens (including phenoxy) is 1. The average molecular weight is 397 g/mol. The van der Waals surface area contributed by atoms with Crippen molar-refractivity contribution in [1.82, 2.24) is 10.9 Å². The van der Waals surface area contributed by atoms with Gasteiger partial charge in [-0.2, -0.15) is 0 Å². The number of benzene rings is 2. The molecule has 2 aromatic rings. The van der Waals surface area contributed by atoms with Crippen LogP contribution in [0.5, 0.6) is 5.75 Å². The second-order valence-corrected chi connectivity index (χ2v) is 8.82. The third-order valence-corrected chi connectivity index (χ3v) is 5.40. The topological polar surface area (TPSA) is 96.6 Å². The van der Waals surface area contributed by atoms with Gasteiger partial charge in [0.05, 0.1) is 0 Å². The van der Waals surface area contributed by atoms with Gasteiger partial charge < -0.3 is 15.6 Å². The number of carboxylic acid groups (broad SMARTS) is 1. The van der Waals surface area contributed by atoms with E-state index in [1.807, 2.05) is 12.1 Å². The number of nitrogens with one attached hydrogen (secondary N) is 2. The minimum absolute atomic E-state index is 0.0614. The van der Waals surface area contributed by atoms with Gasteiger partial charge in [-0.15, -0.1) is 9.24 Å². The van der Waals surface area contributed by atoms with E-state index in [0.29, 0.717) is 16.7 Å². The Morgan fingerprint density at radius 3 is 2.18 bits per heavy atom. The first kappa shape index (κ1) is 20.2. The van der Waals surface area contributed by atoms with E-state index in [0.717, 1.165) is 11.1 Å². The normalized spacial score (nSPS) is 22.0. The number of aliphatic carboxylic acids is 1. The van der Waals surface area contributed by atoms with Crippen molar-refractivity contribution < 1.29 is 14.6 Å². The molecule has 1 unspecified atom stereocenters. The maximum atomic E-state index is 11.0. The zero-order valence-electron chi connectivity index (χ0n) is 16.0. The van der Waals surface area contributed by atoms with Crippen LogP contribution >= 0.6 is 9.24 Å². The first-order chi connectivity index (χ1) is 13.3. The highest BCUT2D eigenvalue weighted by atomic mass is 31.0. The lowest BCUT2D eigenvalue weighted by Crippen LogP contribution is -2.36. The van der Waals surface area contributed by atoms with Gasteiger partial charge in [-0.25, -0.2) is 10.2 Å². The summed E-state index contributed by atoms with van der Waals surface area (Å²) < 4.78 is 5.56. The highest BCUT2D eigenvalue weighted by Crippen LogP contribution is 2.48. The Hall–Kier alpha value is -2.50. The second-order valence-electron chi connectivity index (χ2n) is 7.43. The predicted octanol–water partition coefficient (Wildman–Crippen LogP) is 1.75. The molecule has 0 spiro atoms. The van der Waals surface area contributed by atoms with E-state index in [4.69, 9.17) is 15.6 Å². The minimum atomic E-state index is -1.26.